The van der Waals surface area contributed by atoms with Gasteiger partial charge in [0, 0.05) is 12.8 Å². The van der Waals surface area contributed by atoms with Gasteiger partial charge in [0.1, 0.15) is 6.61 Å². The van der Waals surface area contributed by atoms with Gasteiger partial charge in [-0.05, 0) is 45.4 Å². The molecule has 0 aromatic rings. The molecule has 0 saturated heterocycles. The molecule has 2 unspecified atom stereocenters. The van der Waals surface area contributed by atoms with E-state index in [4.69, 9.17) is 18.5 Å². The summed E-state index contributed by atoms with van der Waals surface area (Å²) < 4.78 is 32.6. The quantitative estimate of drug-likeness (QED) is 0.0284. The van der Waals surface area contributed by atoms with Crippen LogP contribution in [0.15, 0.2) is 12.2 Å². The summed E-state index contributed by atoms with van der Waals surface area (Å²) in [4.78, 5) is 34.7. The Bertz CT molecular complexity index is 864. The number of hydrogen-bond acceptors (Lipinski definition) is 7. The van der Waals surface area contributed by atoms with Crippen molar-refractivity contribution in [3.63, 3.8) is 0 Å². The van der Waals surface area contributed by atoms with E-state index in [0.29, 0.717) is 12.8 Å². The van der Waals surface area contributed by atoms with Crippen LogP contribution >= 0.6 is 7.82 Å². The molecule has 0 aromatic carbocycles. The Morgan fingerprint density at radius 2 is 0.865 bits per heavy atom. The number of hydrogen-bond donors (Lipinski definition) is 1. The first-order valence-electron chi connectivity index (χ1n) is 22.0. The van der Waals surface area contributed by atoms with E-state index < -0.39 is 19.9 Å². The van der Waals surface area contributed by atoms with Gasteiger partial charge >= 0.3 is 19.8 Å². The second-order valence-corrected chi connectivity index (χ2v) is 16.2. The van der Waals surface area contributed by atoms with Crippen LogP contribution in [0.1, 0.15) is 226 Å². The Kier molecular flexibility index (Phi) is 38.6. The van der Waals surface area contributed by atoms with Crippen molar-refractivity contribution in [1.29, 1.82) is 0 Å². The van der Waals surface area contributed by atoms with E-state index >= 15 is 0 Å². The number of phosphoric acid groups is 1. The van der Waals surface area contributed by atoms with Crippen LogP contribution in [0.2, 0.25) is 0 Å². The number of phosphoric ester groups is 1. The number of esters is 2. The zero-order chi connectivity index (χ0) is 38.2. The highest BCUT2D eigenvalue weighted by Gasteiger charge is 2.25. The second-order valence-electron chi connectivity index (χ2n) is 14.7. The molecule has 0 spiro atoms. The molecule has 0 saturated carbocycles. The van der Waals surface area contributed by atoms with Crippen molar-refractivity contribution in [3.8, 4) is 0 Å². The van der Waals surface area contributed by atoms with Gasteiger partial charge in [0.05, 0.1) is 13.2 Å². The van der Waals surface area contributed by atoms with E-state index in [1.807, 2.05) is 0 Å². The molecule has 0 aliphatic rings. The molecule has 9 heteroatoms. The summed E-state index contributed by atoms with van der Waals surface area (Å²) in [5, 5.41) is 0. The molecule has 1 N–H and O–H groups in total. The van der Waals surface area contributed by atoms with Gasteiger partial charge in [-0.2, -0.15) is 0 Å². The minimum atomic E-state index is -4.27. The van der Waals surface area contributed by atoms with Crippen LogP contribution in [0.4, 0.5) is 0 Å². The fourth-order valence-corrected chi connectivity index (χ4v) is 7.09. The average molecular weight is 759 g/mol. The minimum absolute atomic E-state index is 0.00331. The van der Waals surface area contributed by atoms with Gasteiger partial charge in [0.2, 0.25) is 0 Å². The number of carbonyl (C=O) groups excluding carboxylic acids is 2. The van der Waals surface area contributed by atoms with Crippen LogP contribution in [0.5, 0.6) is 0 Å². The third-order valence-electron chi connectivity index (χ3n) is 9.57. The monoisotopic (exact) mass is 759 g/mol. The number of unbranched alkanes of at least 4 members (excludes halogenated alkanes) is 27. The number of rotatable bonds is 41. The summed E-state index contributed by atoms with van der Waals surface area (Å²) in [5.74, 6) is -0.789. The molecule has 0 aliphatic heterocycles. The molecule has 0 rings (SSSR count). The zero-order valence-electron chi connectivity index (χ0n) is 34.2. The standard InChI is InChI=1S/C43H83O8P/c1-4-7-9-11-13-15-17-19-20-21-22-23-24-26-28-30-32-34-36-38-43(45)51-41(40-50-52(46,47)49-6-3)39-48-42(44)37-35-33-31-29-27-25-18-16-14-12-10-8-5-2/h19-20,41H,4-18,21-40H2,1-3H3,(H,46,47)/b20-19-. The lowest BCUT2D eigenvalue weighted by molar-refractivity contribution is -0.161. The molecule has 0 aromatic heterocycles. The fourth-order valence-electron chi connectivity index (χ4n) is 6.33. The van der Waals surface area contributed by atoms with Gasteiger partial charge in [-0.3, -0.25) is 18.6 Å². The lowest BCUT2D eigenvalue weighted by atomic mass is 10.0. The first kappa shape index (κ1) is 50.8. The van der Waals surface area contributed by atoms with Crippen LogP contribution in [-0.4, -0.2) is 42.8 Å². The average Bonchev–Trinajstić information content (AvgIpc) is 3.12. The first-order chi connectivity index (χ1) is 25.3. The summed E-state index contributed by atoms with van der Waals surface area (Å²) >= 11 is 0. The maximum absolute atomic E-state index is 12.6. The Balaban J connectivity index is 4.03. The van der Waals surface area contributed by atoms with Gasteiger partial charge in [0.25, 0.3) is 0 Å². The van der Waals surface area contributed by atoms with E-state index in [1.54, 1.807) is 6.92 Å². The SMILES string of the molecule is CCCCCCCC/C=C\CCCCCCCCCCCC(=O)OC(COC(=O)CCCCCCCCCCCCCCC)COP(=O)(O)OCC. The second kappa shape index (κ2) is 39.5. The Morgan fingerprint density at radius 1 is 0.500 bits per heavy atom. The van der Waals surface area contributed by atoms with Gasteiger partial charge in [-0.1, -0.05) is 180 Å². The van der Waals surface area contributed by atoms with Gasteiger partial charge in [-0.25, -0.2) is 4.57 Å². The molecule has 0 amide bonds. The van der Waals surface area contributed by atoms with Crippen molar-refractivity contribution in [2.45, 2.75) is 232 Å². The summed E-state index contributed by atoms with van der Waals surface area (Å²) in [7, 11) is -4.27. The van der Waals surface area contributed by atoms with Crippen molar-refractivity contribution < 1.29 is 37.6 Å². The number of ether oxygens (including phenoxy) is 2. The van der Waals surface area contributed by atoms with Crippen molar-refractivity contribution >= 4 is 19.8 Å². The lowest BCUT2D eigenvalue weighted by Gasteiger charge is -2.19. The Labute approximate surface area is 320 Å². The highest BCUT2D eigenvalue weighted by molar-refractivity contribution is 7.47. The third kappa shape index (κ3) is 38.5. The van der Waals surface area contributed by atoms with Gasteiger partial charge in [0.15, 0.2) is 6.10 Å². The fraction of sp³-hybridized carbons (Fsp3) is 0.907. The number of allylic oxidation sites excluding steroid dienone is 2. The molecule has 0 radical (unpaired) electrons. The van der Waals surface area contributed by atoms with Crippen LogP contribution in [0.3, 0.4) is 0 Å². The van der Waals surface area contributed by atoms with Crippen molar-refractivity contribution in [2.75, 3.05) is 19.8 Å². The lowest BCUT2D eigenvalue weighted by Crippen LogP contribution is -2.29. The highest BCUT2D eigenvalue weighted by Crippen LogP contribution is 2.43. The van der Waals surface area contributed by atoms with Crippen LogP contribution in [-0.2, 0) is 32.7 Å². The van der Waals surface area contributed by atoms with E-state index in [-0.39, 0.29) is 32.2 Å². The molecule has 0 heterocycles. The van der Waals surface area contributed by atoms with E-state index in [0.717, 1.165) is 32.1 Å². The van der Waals surface area contributed by atoms with Crippen LogP contribution in [0, 0.1) is 0 Å². The van der Waals surface area contributed by atoms with E-state index in [2.05, 4.69) is 26.0 Å². The molecule has 2 atom stereocenters. The Hall–Kier alpha value is -1.21. The van der Waals surface area contributed by atoms with Gasteiger partial charge in [-0.15, -0.1) is 0 Å². The molecule has 308 valence electrons. The van der Waals surface area contributed by atoms with Gasteiger partial charge < -0.3 is 14.4 Å². The molecule has 52 heavy (non-hydrogen) atoms. The summed E-state index contributed by atoms with van der Waals surface area (Å²) in [5.41, 5.74) is 0. The smallest absolute Gasteiger partial charge is 0.462 e. The Morgan fingerprint density at radius 3 is 1.27 bits per heavy atom. The molecule has 0 fully saturated rings. The highest BCUT2D eigenvalue weighted by atomic mass is 31.2. The molecular weight excluding hydrogens is 675 g/mol. The van der Waals surface area contributed by atoms with Crippen LogP contribution < -0.4 is 0 Å². The number of carbonyl (C=O) groups is 2. The maximum atomic E-state index is 12.6. The molecular formula is C43H83O8P. The predicted molar refractivity (Wildman–Crippen MR) is 216 cm³/mol. The largest absolute Gasteiger partial charge is 0.472 e. The maximum Gasteiger partial charge on any atom is 0.472 e. The summed E-state index contributed by atoms with van der Waals surface area (Å²) in [6.07, 6.45) is 41.2. The third-order valence-corrected chi connectivity index (χ3v) is 10.6. The molecule has 0 aliphatic carbocycles. The zero-order valence-corrected chi connectivity index (χ0v) is 35.1. The topological polar surface area (TPSA) is 108 Å². The van der Waals surface area contributed by atoms with Crippen LogP contribution in [0.25, 0.3) is 0 Å². The normalized spacial score (nSPS) is 13.4. The van der Waals surface area contributed by atoms with E-state index in [1.165, 1.54) is 154 Å². The van der Waals surface area contributed by atoms with E-state index in [9.17, 15) is 19.0 Å². The molecule has 0 bridgehead atoms. The predicted octanol–water partition coefficient (Wildman–Crippen LogP) is 13.7. The van der Waals surface area contributed by atoms with Crippen molar-refractivity contribution in [2.24, 2.45) is 0 Å². The summed E-state index contributed by atoms with van der Waals surface area (Å²) in [6.45, 7) is 5.50. The first-order valence-corrected chi connectivity index (χ1v) is 23.5. The van der Waals surface area contributed by atoms with Crippen molar-refractivity contribution in [3.05, 3.63) is 12.2 Å². The molecule has 8 nitrogen and oxygen atoms in total. The van der Waals surface area contributed by atoms with Crippen molar-refractivity contribution in [1.82, 2.24) is 0 Å². The minimum Gasteiger partial charge on any atom is -0.462 e. The summed E-state index contributed by atoms with van der Waals surface area (Å²) in [6, 6.07) is 0.